The molecule has 0 aliphatic heterocycles. The first-order valence-corrected chi connectivity index (χ1v) is 9.76. The molecule has 4 nitrogen and oxygen atoms in total. The van der Waals surface area contributed by atoms with Crippen molar-refractivity contribution in [3.63, 3.8) is 0 Å². The maximum Gasteiger partial charge on any atom is 0.257 e. The number of benzene rings is 2. The Morgan fingerprint density at radius 1 is 1.00 bits per heavy atom. The van der Waals surface area contributed by atoms with Crippen molar-refractivity contribution in [3.8, 4) is 0 Å². The van der Waals surface area contributed by atoms with E-state index in [1.54, 1.807) is 12.1 Å². The molecule has 2 aromatic carbocycles. The average molecular weight is 439 g/mol. The Balaban J connectivity index is 2.41. The summed E-state index contributed by atoms with van der Waals surface area (Å²) in [4.78, 5) is 12.3. The fourth-order valence-corrected chi connectivity index (χ4v) is 4.25. The van der Waals surface area contributed by atoms with Crippen molar-refractivity contribution >= 4 is 62.1 Å². The van der Waals surface area contributed by atoms with Crippen molar-refractivity contribution in [2.45, 2.75) is 11.8 Å². The van der Waals surface area contributed by atoms with E-state index < -0.39 is 25.3 Å². The number of amides is 1. The minimum absolute atomic E-state index is 0.0252. The standard InChI is InChI=1S/C16H11Cl4NO3S/c1-9-2-5-11(6-3-9)25(23,24)16(14(19)20)21-15(22)12-7-4-10(17)8-13(12)18/h2-8H,1H3,(H,21,22). The van der Waals surface area contributed by atoms with Crippen LogP contribution in [0.15, 0.2) is 56.9 Å². The quantitative estimate of drug-likeness (QED) is 0.721. The number of hydrogen-bond donors (Lipinski definition) is 1. The maximum absolute atomic E-state index is 12.7. The Morgan fingerprint density at radius 2 is 1.60 bits per heavy atom. The molecule has 0 atom stereocenters. The second-order valence-electron chi connectivity index (χ2n) is 4.98. The lowest BCUT2D eigenvalue weighted by atomic mass is 10.2. The van der Waals surface area contributed by atoms with Gasteiger partial charge in [-0.15, -0.1) is 0 Å². The van der Waals surface area contributed by atoms with E-state index >= 15 is 0 Å². The fourth-order valence-electron chi connectivity index (χ4n) is 1.90. The van der Waals surface area contributed by atoms with Gasteiger partial charge in [0.05, 0.1) is 15.5 Å². The molecular weight excluding hydrogens is 428 g/mol. The number of nitrogens with one attached hydrogen (secondary N) is 1. The van der Waals surface area contributed by atoms with Gasteiger partial charge < -0.3 is 5.32 Å². The SMILES string of the molecule is Cc1ccc(S(=O)(=O)C(NC(=O)c2ccc(Cl)cc2Cl)=C(Cl)Cl)cc1. The van der Waals surface area contributed by atoms with E-state index in [-0.39, 0.29) is 15.5 Å². The summed E-state index contributed by atoms with van der Waals surface area (Å²) in [7, 11) is -4.13. The summed E-state index contributed by atoms with van der Waals surface area (Å²) in [6, 6.07) is 10.2. The molecule has 2 rings (SSSR count). The van der Waals surface area contributed by atoms with Crippen LogP contribution in [0.2, 0.25) is 10.0 Å². The largest absolute Gasteiger partial charge is 0.310 e. The fraction of sp³-hybridized carbons (Fsp3) is 0.0625. The Hall–Kier alpha value is -1.24. The number of rotatable bonds is 4. The first-order chi connectivity index (χ1) is 11.6. The number of carbonyl (C=O) groups excluding carboxylic acids is 1. The molecule has 9 heteroatoms. The van der Waals surface area contributed by atoms with Crippen molar-refractivity contribution < 1.29 is 13.2 Å². The van der Waals surface area contributed by atoms with Crippen molar-refractivity contribution in [1.29, 1.82) is 0 Å². The van der Waals surface area contributed by atoms with Gasteiger partial charge in [0.15, 0.2) is 5.03 Å². The van der Waals surface area contributed by atoms with Gasteiger partial charge in [-0.3, -0.25) is 4.79 Å². The Morgan fingerprint density at radius 3 is 2.12 bits per heavy atom. The summed E-state index contributed by atoms with van der Waals surface area (Å²) in [5.74, 6) is -0.786. The van der Waals surface area contributed by atoms with Gasteiger partial charge in [-0.05, 0) is 37.3 Å². The number of carbonyl (C=O) groups is 1. The van der Waals surface area contributed by atoms with Gasteiger partial charge in [0.1, 0.15) is 4.49 Å². The van der Waals surface area contributed by atoms with Crippen molar-refractivity contribution in [3.05, 3.63) is 73.2 Å². The van der Waals surface area contributed by atoms with Gasteiger partial charge in [-0.2, -0.15) is 0 Å². The number of hydrogen-bond acceptors (Lipinski definition) is 3. The predicted molar refractivity (Wildman–Crippen MR) is 101 cm³/mol. The van der Waals surface area contributed by atoms with E-state index in [2.05, 4.69) is 5.32 Å². The van der Waals surface area contributed by atoms with Crippen LogP contribution in [0.1, 0.15) is 15.9 Å². The smallest absolute Gasteiger partial charge is 0.257 e. The van der Waals surface area contributed by atoms with Crippen molar-refractivity contribution in [1.82, 2.24) is 5.32 Å². The zero-order chi connectivity index (χ0) is 18.8. The highest BCUT2D eigenvalue weighted by Gasteiger charge is 2.26. The van der Waals surface area contributed by atoms with E-state index in [9.17, 15) is 13.2 Å². The average Bonchev–Trinajstić information content (AvgIpc) is 2.52. The second kappa shape index (κ2) is 7.98. The Kier molecular flexibility index (Phi) is 6.40. The first-order valence-electron chi connectivity index (χ1n) is 6.76. The summed E-state index contributed by atoms with van der Waals surface area (Å²) in [5, 5.41) is 1.97. The molecule has 0 saturated carbocycles. The third-order valence-electron chi connectivity index (χ3n) is 3.17. The van der Waals surface area contributed by atoms with E-state index in [1.807, 2.05) is 6.92 Å². The molecule has 1 N–H and O–H groups in total. The van der Waals surface area contributed by atoms with E-state index in [0.717, 1.165) is 5.56 Å². The Labute approximate surface area is 165 Å². The molecule has 0 spiro atoms. The van der Waals surface area contributed by atoms with Crippen LogP contribution in [-0.2, 0) is 9.84 Å². The molecule has 0 aromatic heterocycles. The molecule has 0 aliphatic carbocycles. The van der Waals surface area contributed by atoms with E-state index in [0.29, 0.717) is 5.02 Å². The highest BCUT2D eigenvalue weighted by Crippen LogP contribution is 2.26. The third-order valence-corrected chi connectivity index (χ3v) is 6.06. The monoisotopic (exact) mass is 437 g/mol. The minimum atomic E-state index is -4.13. The zero-order valence-corrected chi connectivity index (χ0v) is 16.5. The maximum atomic E-state index is 12.7. The van der Waals surface area contributed by atoms with Gasteiger partial charge in [0, 0.05) is 5.02 Å². The lowest BCUT2D eigenvalue weighted by Gasteiger charge is -2.12. The normalized spacial score (nSPS) is 11.1. The van der Waals surface area contributed by atoms with E-state index in [1.165, 1.54) is 30.3 Å². The summed E-state index contributed by atoms with van der Waals surface area (Å²) in [6.07, 6.45) is 0. The van der Waals surface area contributed by atoms with Crippen LogP contribution < -0.4 is 5.32 Å². The zero-order valence-electron chi connectivity index (χ0n) is 12.7. The molecule has 0 heterocycles. The van der Waals surface area contributed by atoms with Gasteiger partial charge in [-0.25, -0.2) is 8.42 Å². The summed E-state index contributed by atoms with van der Waals surface area (Å²) in [6.45, 7) is 1.81. The van der Waals surface area contributed by atoms with Crippen LogP contribution in [0.5, 0.6) is 0 Å². The number of sulfone groups is 1. The molecule has 0 radical (unpaired) electrons. The number of halogens is 4. The lowest BCUT2D eigenvalue weighted by Crippen LogP contribution is -2.28. The van der Waals surface area contributed by atoms with Crippen molar-refractivity contribution in [2.75, 3.05) is 0 Å². The molecule has 2 aromatic rings. The van der Waals surface area contributed by atoms with Gasteiger partial charge in [0.2, 0.25) is 9.84 Å². The summed E-state index contributed by atoms with van der Waals surface area (Å²) < 4.78 is 24.8. The first kappa shape index (κ1) is 20.1. The predicted octanol–water partition coefficient (Wildman–Crippen LogP) is 5.11. The second-order valence-corrected chi connectivity index (χ2v) is 8.66. The van der Waals surface area contributed by atoms with Crippen LogP contribution in [0.3, 0.4) is 0 Å². The minimum Gasteiger partial charge on any atom is -0.310 e. The third kappa shape index (κ3) is 4.68. The van der Waals surface area contributed by atoms with Gasteiger partial charge in [-0.1, -0.05) is 64.1 Å². The molecule has 25 heavy (non-hydrogen) atoms. The van der Waals surface area contributed by atoms with Crippen LogP contribution in [0.25, 0.3) is 0 Å². The molecule has 0 aliphatic rings. The molecule has 1 amide bonds. The molecule has 0 bridgehead atoms. The Bertz CT molecular complexity index is 950. The van der Waals surface area contributed by atoms with Gasteiger partial charge >= 0.3 is 0 Å². The summed E-state index contributed by atoms with van der Waals surface area (Å²) in [5.41, 5.74) is 0.899. The highest BCUT2D eigenvalue weighted by atomic mass is 35.5. The highest BCUT2D eigenvalue weighted by molar-refractivity contribution is 7.95. The van der Waals surface area contributed by atoms with Crippen LogP contribution in [-0.4, -0.2) is 14.3 Å². The molecular formula is C16H11Cl4NO3S. The van der Waals surface area contributed by atoms with E-state index in [4.69, 9.17) is 46.4 Å². The number of aryl methyl sites for hydroxylation is 1. The molecule has 0 unspecified atom stereocenters. The molecule has 132 valence electrons. The van der Waals surface area contributed by atoms with Crippen LogP contribution >= 0.6 is 46.4 Å². The topological polar surface area (TPSA) is 63.2 Å². The molecule has 0 fully saturated rings. The summed E-state index contributed by atoms with van der Waals surface area (Å²) >= 11 is 23.1. The molecule has 0 saturated heterocycles. The van der Waals surface area contributed by atoms with Crippen LogP contribution in [0.4, 0.5) is 0 Å². The van der Waals surface area contributed by atoms with Crippen molar-refractivity contribution in [2.24, 2.45) is 0 Å². The van der Waals surface area contributed by atoms with Gasteiger partial charge in [0.25, 0.3) is 5.91 Å². The van der Waals surface area contributed by atoms with Crippen LogP contribution in [0, 0.1) is 6.92 Å². The lowest BCUT2D eigenvalue weighted by molar-refractivity contribution is 0.0968.